The van der Waals surface area contributed by atoms with Gasteiger partial charge in [0.15, 0.2) is 0 Å². The molecular weight excluding hydrogens is 370 g/mol. The molecule has 0 fully saturated rings. The van der Waals surface area contributed by atoms with Crippen LogP contribution in [0.15, 0.2) is 71.5 Å². The van der Waals surface area contributed by atoms with Gasteiger partial charge < -0.3 is 10.1 Å². The van der Waals surface area contributed by atoms with Crippen molar-refractivity contribution in [1.29, 1.82) is 0 Å². The molecule has 29 heavy (non-hydrogen) atoms. The van der Waals surface area contributed by atoms with Gasteiger partial charge in [-0.2, -0.15) is 5.10 Å². The Labute approximate surface area is 168 Å². The summed E-state index contributed by atoms with van der Waals surface area (Å²) in [6.45, 7) is 3.82. The molecule has 0 radical (unpaired) electrons. The van der Waals surface area contributed by atoms with E-state index in [1.54, 1.807) is 38.1 Å². The van der Waals surface area contributed by atoms with Crippen LogP contribution in [0, 0.1) is 0 Å². The second-order valence-electron chi connectivity index (χ2n) is 6.69. The lowest BCUT2D eigenvalue weighted by molar-refractivity contribution is 0.0378. The number of carbonyl (C=O) groups is 2. The van der Waals surface area contributed by atoms with E-state index in [9.17, 15) is 14.4 Å². The van der Waals surface area contributed by atoms with Crippen LogP contribution in [0.3, 0.4) is 0 Å². The molecule has 1 heterocycles. The van der Waals surface area contributed by atoms with Crippen molar-refractivity contribution in [2.45, 2.75) is 26.5 Å². The van der Waals surface area contributed by atoms with Crippen molar-refractivity contribution in [1.82, 2.24) is 9.78 Å². The lowest BCUT2D eigenvalue weighted by atomic mass is 10.2. The number of ether oxygens (including phenoxy) is 1. The summed E-state index contributed by atoms with van der Waals surface area (Å²) in [6.07, 6.45) is -0.209. The van der Waals surface area contributed by atoms with Gasteiger partial charge in [0, 0.05) is 11.8 Å². The largest absolute Gasteiger partial charge is 0.459 e. The van der Waals surface area contributed by atoms with Crippen LogP contribution in [0.1, 0.15) is 40.3 Å². The van der Waals surface area contributed by atoms with Gasteiger partial charge in [0.05, 0.1) is 18.2 Å². The molecule has 1 N–H and O–H groups in total. The number of amides is 1. The summed E-state index contributed by atoms with van der Waals surface area (Å²) in [7, 11) is 0. The Kier molecular flexibility index (Phi) is 6.19. The molecular formula is C22H21N3O4. The Morgan fingerprint density at radius 2 is 1.69 bits per heavy atom. The molecule has 3 aromatic rings. The van der Waals surface area contributed by atoms with Crippen molar-refractivity contribution in [2.24, 2.45) is 0 Å². The van der Waals surface area contributed by atoms with Gasteiger partial charge in [0.1, 0.15) is 5.69 Å². The van der Waals surface area contributed by atoms with E-state index in [0.29, 0.717) is 11.3 Å². The number of hydrogen-bond acceptors (Lipinski definition) is 5. The number of anilines is 1. The first kappa shape index (κ1) is 20.0. The van der Waals surface area contributed by atoms with Crippen LogP contribution < -0.4 is 10.9 Å². The second-order valence-corrected chi connectivity index (χ2v) is 6.69. The molecule has 0 unspecified atom stereocenters. The van der Waals surface area contributed by atoms with Crippen LogP contribution in [0.25, 0.3) is 0 Å². The third kappa shape index (κ3) is 5.38. The molecule has 0 atom stereocenters. The van der Waals surface area contributed by atoms with Crippen molar-refractivity contribution >= 4 is 17.6 Å². The number of esters is 1. The number of nitrogens with one attached hydrogen (secondary N) is 1. The van der Waals surface area contributed by atoms with Crippen LogP contribution in [-0.2, 0) is 11.3 Å². The minimum absolute atomic E-state index is 0.115. The average molecular weight is 391 g/mol. The highest BCUT2D eigenvalue weighted by molar-refractivity contribution is 6.03. The normalized spacial score (nSPS) is 10.6. The van der Waals surface area contributed by atoms with Crippen LogP contribution in [0.4, 0.5) is 5.69 Å². The van der Waals surface area contributed by atoms with E-state index in [1.807, 2.05) is 30.3 Å². The Morgan fingerprint density at radius 3 is 2.34 bits per heavy atom. The highest BCUT2D eigenvalue weighted by atomic mass is 16.5. The molecule has 0 spiro atoms. The lowest BCUT2D eigenvalue weighted by Crippen LogP contribution is -2.26. The van der Waals surface area contributed by atoms with Gasteiger partial charge in [-0.25, -0.2) is 9.48 Å². The number of benzene rings is 2. The number of carbonyl (C=O) groups excluding carboxylic acids is 2. The smallest absolute Gasteiger partial charge is 0.338 e. The van der Waals surface area contributed by atoms with Gasteiger partial charge in [0.25, 0.3) is 11.5 Å². The third-order valence-electron chi connectivity index (χ3n) is 4.00. The third-order valence-corrected chi connectivity index (χ3v) is 4.00. The molecule has 1 aromatic heterocycles. The minimum atomic E-state index is -0.454. The summed E-state index contributed by atoms with van der Waals surface area (Å²) in [4.78, 5) is 36.5. The predicted octanol–water partition coefficient (Wildman–Crippen LogP) is 3.11. The fraction of sp³-hybridized carbons (Fsp3) is 0.182. The SMILES string of the molecule is CC(C)OC(=O)c1ccc(NC(=O)c2ccc(=O)n(Cc3ccccc3)n2)cc1. The summed E-state index contributed by atoms with van der Waals surface area (Å²) in [6, 6.07) is 18.5. The topological polar surface area (TPSA) is 90.3 Å². The van der Waals surface area contributed by atoms with Crippen LogP contribution in [0.2, 0.25) is 0 Å². The summed E-state index contributed by atoms with van der Waals surface area (Å²) in [5.74, 6) is -0.878. The highest BCUT2D eigenvalue weighted by Gasteiger charge is 2.12. The summed E-state index contributed by atoms with van der Waals surface area (Å²) in [5.41, 5.74) is 1.62. The standard InChI is InChI=1S/C22H21N3O4/c1-15(2)29-22(28)17-8-10-18(11-9-17)23-21(27)19-12-13-20(26)25(24-19)14-16-6-4-3-5-7-16/h3-13,15H,14H2,1-2H3,(H,23,27). The highest BCUT2D eigenvalue weighted by Crippen LogP contribution is 2.12. The first-order chi connectivity index (χ1) is 13.9. The van der Waals surface area contributed by atoms with Crippen molar-refractivity contribution in [2.75, 3.05) is 5.32 Å². The van der Waals surface area contributed by atoms with Crippen LogP contribution in [-0.4, -0.2) is 27.8 Å². The van der Waals surface area contributed by atoms with E-state index < -0.39 is 11.9 Å². The molecule has 0 saturated carbocycles. The monoisotopic (exact) mass is 391 g/mol. The van der Waals surface area contributed by atoms with Crippen molar-refractivity contribution < 1.29 is 14.3 Å². The average Bonchev–Trinajstić information content (AvgIpc) is 2.70. The van der Waals surface area contributed by atoms with E-state index in [0.717, 1.165) is 5.56 Å². The zero-order valence-electron chi connectivity index (χ0n) is 16.2. The van der Waals surface area contributed by atoms with Gasteiger partial charge in [-0.05, 0) is 49.7 Å². The maximum Gasteiger partial charge on any atom is 0.338 e. The fourth-order valence-electron chi connectivity index (χ4n) is 2.61. The second kappa shape index (κ2) is 8.97. The van der Waals surface area contributed by atoms with Gasteiger partial charge in [0.2, 0.25) is 0 Å². The van der Waals surface area contributed by atoms with Crippen molar-refractivity contribution in [3.05, 3.63) is 93.9 Å². The quantitative estimate of drug-likeness (QED) is 0.652. The van der Waals surface area contributed by atoms with Gasteiger partial charge in [-0.15, -0.1) is 0 Å². The van der Waals surface area contributed by atoms with E-state index in [-0.39, 0.29) is 23.9 Å². The van der Waals surface area contributed by atoms with E-state index in [4.69, 9.17) is 4.74 Å². The Balaban J connectivity index is 1.71. The fourth-order valence-corrected chi connectivity index (χ4v) is 2.61. The summed E-state index contributed by atoms with van der Waals surface area (Å²) < 4.78 is 6.38. The first-order valence-corrected chi connectivity index (χ1v) is 9.17. The first-order valence-electron chi connectivity index (χ1n) is 9.17. The number of aromatic nitrogens is 2. The molecule has 1 amide bonds. The molecule has 7 nitrogen and oxygen atoms in total. The molecule has 0 aliphatic heterocycles. The molecule has 0 aliphatic carbocycles. The summed E-state index contributed by atoms with van der Waals surface area (Å²) >= 11 is 0. The molecule has 0 bridgehead atoms. The van der Waals surface area contributed by atoms with Crippen molar-refractivity contribution in [3.63, 3.8) is 0 Å². The predicted molar refractivity (Wildman–Crippen MR) is 109 cm³/mol. The maximum atomic E-state index is 12.5. The number of nitrogens with zero attached hydrogens (tertiary/aromatic N) is 2. The van der Waals surface area contributed by atoms with E-state index in [1.165, 1.54) is 16.8 Å². The van der Waals surface area contributed by atoms with E-state index >= 15 is 0 Å². The minimum Gasteiger partial charge on any atom is -0.459 e. The lowest BCUT2D eigenvalue weighted by Gasteiger charge is -2.10. The molecule has 2 aromatic carbocycles. The summed E-state index contributed by atoms with van der Waals surface area (Å²) in [5, 5.41) is 6.87. The zero-order chi connectivity index (χ0) is 20.8. The number of rotatable bonds is 6. The van der Waals surface area contributed by atoms with Crippen LogP contribution >= 0.6 is 0 Å². The molecule has 3 rings (SSSR count). The maximum absolute atomic E-state index is 12.5. The molecule has 148 valence electrons. The van der Waals surface area contributed by atoms with Gasteiger partial charge >= 0.3 is 5.97 Å². The Hall–Kier alpha value is -3.74. The Morgan fingerprint density at radius 1 is 1.00 bits per heavy atom. The van der Waals surface area contributed by atoms with Crippen LogP contribution in [0.5, 0.6) is 0 Å². The molecule has 0 aliphatic rings. The molecule has 7 heteroatoms. The zero-order valence-corrected chi connectivity index (χ0v) is 16.2. The van der Waals surface area contributed by atoms with Crippen molar-refractivity contribution in [3.8, 4) is 0 Å². The number of hydrogen-bond donors (Lipinski definition) is 1. The van der Waals surface area contributed by atoms with E-state index in [2.05, 4.69) is 10.4 Å². The molecule has 0 saturated heterocycles. The van der Waals surface area contributed by atoms with Gasteiger partial charge in [-0.1, -0.05) is 30.3 Å². The van der Waals surface area contributed by atoms with Gasteiger partial charge in [-0.3, -0.25) is 9.59 Å². The Bertz CT molecular complexity index is 1060.